The summed E-state index contributed by atoms with van der Waals surface area (Å²) in [7, 11) is 0. The highest BCUT2D eigenvalue weighted by molar-refractivity contribution is 5.80. The average Bonchev–Trinajstić information content (AvgIpc) is 2.98. The van der Waals surface area contributed by atoms with Crippen molar-refractivity contribution in [3.05, 3.63) is 35.9 Å². The summed E-state index contributed by atoms with van der Waals surface area (Å²) >= 11 is 0. The van der Waals surface area contributed by atoms with Gasteiger partial charge < -0.3 is 19.9 Å². The summed E-state index contributed by atoms with van der Waals surface area (Å²) in [6.45, 7) is 5.20. The number of amides is 2. The fraction of sp³-hybridized carbons (Fsp3) is 0.619. The van der Waals surface area contributed by atoms with Crippen molar-refractivity contribution in [1.82, 2.24) is 15.1 Å². The van der Waals surface area contributed by atoms with Crippen LogP contribution in [0.2, 0.25) is 0 Å². The number of ether oxygens (including phenoxy) is 1. The standard InChI is InChI=1S/C21H29N3O3/c25-19(12-18-15-27-11-8-22-18)23-9-6-21(7-10-23)13-20(26)24(16-21)14-17-4-2-1-3-5-17/h1-5,18,22H,6-16H2/t18-/m1/s1. The van der Waals surface area contributed by atoms with Crippen molar-refractivity contribution in [3.8, 4) is 0 Å². The van der Waals surface area contributed by atoms with Crippen LogP contribution in [0.15, 0.2) is 30.3 Å². The molecule has 4 rings (SSSR count). The van der Waals surface area contributed by atoms with Gasteiger partial charge in [-0.3, -0.25) is 9.59 Å². The van der Waals surface area contributed by atoms with Crippen LogP contribution >= 0.6 is 0 Å². The number of carbonyl (C=O) groups excluding carboxylic acids is 2. The average molecular weight is 371 g/mol. The van der Waals surface area contributed by atoms with E-state index in [9.17, 15) is 9.59 Å². The van der Waals surface area contributed by atoms with Crippen molar-refractivity contribution in [3.63, 3.8) is 0 Å². The highest BCUT2D eigenvalue weighted by atomic mass is 16.5. The molecule has 0 unspecified atom stereocenters. The molecular weight excluding hydrogens is 342 g/mol. The van der Waals surface area contributed by atoms with Gasteiger partial charge in [0, 0.05) is 57.0 Å². The number of morpholine rings is 1. The summed E-state index contributed by atoms with van der Waals surface area (Å²) in [5.74, 6) is 0.459. The number of hydrogen-bond donors (Lipinski definition) is 1. The second kappa shape index (κ2) is 7.98. The van der Waals surface area contributed by atoms with Gasteiger partial charge in [-0.15, -0.1) is 0 Å². The van der Waals surface area contributed by atoms with E-state index in [0.717, 1.165) is 45.6 Å². The minimum atomic E-state index is 0.0504. The second-order valence-corrected chi connectivity index (χ2v) is 8.22. The summed E-state index contributed by atoms with van der Waals surface area (Å²) < 4.78 is 5.44. The number of nitrogens with one attached hydrogen (secondary N) is 1. The second-order valence-electron chi connectivity index (χ2n) is 8.22. The van der Waals surface area contributed by atoms with E-state index >= 15 is 0 Å². The maximum atomic E-state index is 12.6. The summed E-state index contributed by atoms with van der Waals surface area (Å²) in [5.41, 5.74) is 1.23. The van der Waals surface area contributed by atoms with Crippen molar-refractivity contribution < 1.29 is 14.3 Å². The largest absolute Gasteiger partial charge is 0.378 e. The molecule has 1 spiro atoms. The molecule has 1 N–H and O–H groups in total. The van der Waals surface area contributed by atoms with Crippen LogP contribution in [0.3, 0.4) is 0 Å². The number of rotatable bonds is 4. The van der Waals surface area contributed by atoms with Gasteiger partial charge in [-0.25, -0.2) is 0 Å². The monoisotopic (exact) mass is 371 g/mol. The molecule has 146 valence electrons. The van der Waals surface area contributed by atoms with E-state index in [2.05, 4.69) is 17.4 Å². The van der Waals surface area contributed by atoms with Crippen LogP contribution in [0, 0.1) is 5.41 Å². The molecule has 3 aliphatic rings. The van der Waals surface area contributed by atoms with Crippen LogP contribution < -0.4 is 5.32 Å². The Kier molecular flexibility index (Phi) is 5.45. The molecule has 3 heterocycles. The number of benzene rings is 1. The van der Waals surface area contributed by atoms with Gasteiger partial charge in [-0.2, -0.15) is 0 Å². The van der Waals surface area contributed by atoms with E-state index in [4.69, 9.17) is 4.74 Å². The fourth-order valence-electron chi connectivity index (χ4n) is 4.59. The van der Waals surface area contributed by atoms with E-state index in [1.54, 1.807) is 0 Å². The zero-order valence-electron chi connectivity index (χ0n) is 15.9. The Labute approximate surface area is 160 Å². The quantitative estimate of drug-likeness (QED) is 0.869. The zero-order chi connectivity index (χ0) is 18.7. The lowest BCUT2D eigenvalue weighted by Gasteiger charge is -2.39. The van der Waals surface area contributed by atoms with Crippen molar-refractivity contribution in [1.29, 1.82) is 0 Å². The van der Waals surface area contributed by atoms with Gasteiger partial charge in [-0.1, -0.05) is 30.3 Å². The molecule has 0 radical (unpaired) electrons. The maximum Gasteiger partial charge on any atom is 0.224 e. The van der Waals surface area contributed by atoms with E-state index < -0.39 is 0 Å². The Morgan fingerprint density at radius 1 is 1.22 bits per heavy atom. The van der Waals surface area contributed by atoms with E-state index in [1.807, 2.05) is 28.0 Å². The Balaban J connectivity index is 1.29. The van der Waals surface area contributed by atoms with Crippen molar-refractivity contribution >= 4 is 11.8 Å². The summed E-state index contributed by atoms with van der Waals surface area (Å²) in [6.07, 6.45) is 2.97. The summed E-state index contributed by atoms with van der Waals surface area (Å²) in [6, 6.07) is 10.3. The number of carbonyl (C=O) groups is 2. The highest BCUT2D eigenvalue weighted by Crippen LogP contribution is 2.41. The van der Waals surface area contributed by atoms with Crippen LogP contribution in [0.5, 0.6) is 0 Å². The third-order valence-electron chi connectivity index (χ3n) is 6.22. The Morgan fingerprint density at radius 2 is 2.00 bits per heavy atom. The number of likely N-dealkylation sites (tertiary alicyclic amines) is 2. The third-order valence-corrected chi connectivity index (χ3v) is 6.22. The predicted octanol–water partition coefficient (Wildman–Crippen LogP) is 1.41. The fourth-order valence-corrected chi connectivity index (χ4v) is 4.59. The lowest BCUT2D eigenvalue weighted by atomic mass is 9.77. The van der Waals surface area contributed by atoms with Gasteiger partial charge in [0.15, 0.2) is 0 Å². The molecule has 0 bridgehead atoms. The Morgan fingerprint density at radius 3 is 2.70 bits per heavy atom. The molecule has 0 aliphatic carbocycles. The maximum absolute atomic E-state index is 12.6. The van der Waals surface area contributed by atoms with Gasteiger partial charge in [0.1, 0.15) is 0 Å². The number of piperidine rings is 1. The predicted molar refractivity (Wildman–Crippen MR) is 102 cm³/mol. The van der Waals surface area contributed by atoms with Crippen LogP contribution in [0.1, 0.15) is 31.2 Å². The summed E-state index contributed by atoms with van der Waals surface area (Å²) in [5, 5.41) is 3.35. The van der Waals surface area contributed by atoms with Crippen molar-refractivity contribution in [2.75, 3.05) is 39.4 Å². The normalized spacial score (nSPS) is 25.2. The van der Waals surface area contributed by atoms with E-state index in [1.165, 1.54) is 5.56 Å². The number of hydrogen-bond acceptors (Lipinski definition) is 4. The molecule has 3 fully saturated rings. The van der Waals surface area contributed by atoms with Crippen LogP contribution in [0.4, 0.5) is 0 Å². The van der Waals surface area contributed by atoms with Gasteiger partial charge in [0.25, 0.3) is 0 Å². The molecule has 1 atom stereocenters. The first-order chi connectivity index (χ1) is 13.1. The van der Waals surface area contributed by atoms with Gasteiger partial charge in [0.05, 0.1) is 13.2 Å². The molecule has 1 aromatic rings. The van der Waals surface area contributed by atoms with Gasteiger partial charge >= 0.3 is 0 Å². The number of nitrogens with zero attached hydrogens (tertiary/aromatic N) is 2. The molecule has 0 saturated carbocycles. The molecular formula is C21H29N3O3. The first kappa shape index (κ1) is 18.4. The molecule has 3 aliphatic heterocycles. The highest BCUT2D eigenvalue weighted by Gasteiger charge is 2.45. The van der Waals surface area contributed by atoms with Crippen molar-refractivity contribution in [2.24, 2.45) is 5.41 Å². The lowest BCUT2D eigenvalue weighted by Crippen LogP contribution is -2.48. The zero-order valence-corrected chi connectivity index (χ0v) is 15.9. The first-order valence-electron chi connectivity index (χ1n) is 10.0. The molecule has 2 amide bonds. The summed E-state index contributed by atoms with van der Waals surface area (Å²) in [4.78, 5) is 29.1. The topological polar surface area (TPSA) is 61.9 Å². The Hall–Kier alpha value is -1.92. The Bertz CT molecular complexity index is 665. The van der Waals surface area contributed by atoms with Gasteiger partial charge in [0.2, 0.25) is 11.8 Å². The molecule has 27 heavy (non-hydrogen) atoms. The van der Waals surface area contributed by atoms with E-state index in [-0.39, 0.29) is 23.3 Å². The van der Waals surface area contributed by atoms with Gasteiger partial charge in [-0.05, 0) is 18.4 Å². The third kappa shape index (κ3) is 4.33. The lowest BCUT2D eigenvalue weighted by molar-refractivity contribution is -0.134. The molecule has 0 aromatic heterocycles. The minimum Gasteiger partial charge on any atom is -0.378 e. The molecule has 1 aromatic carbocycles. The van der Waals surface area contributed by atoms with Crippen LogP contribution in [0.25, 0.3) is 0 Å². The van der Waals surface area contributed by atoms with E-state index in [0.29, 0.717) is 26.0 Å². The smallest absolute Gasteiger partial charge is 0.224 e. The van der Waals surface area contributed by atoms with Crippen molar-refractivity contribution in [2.45, 2.75) is 38.3 Å². The minimum absolute atomic E-state index is 0.0504. The van der Waals surface area contributed by atoms with Crippen LogP contribution in [-0.2, 0) is 20.9 Å². The molecule has 6 heteroatoms. The first-order valence-corrected chi connectivity index (χ1v) is 10.0. The van der Waals surface area contributed by atoms with Crippen LogP contribution in [-0.4, -0.2) is 67.0 Å². The molecule has 6 nitrogen and oxygen atoms in total. The molecule has 3 saturated heterocycles. The SMILES string of the molecule is O=C(C[C@@H]1COCCN1)N1CCC2(CC1)CC(=O)N(Cc1ccccc1)C2.